The third-order valence-electron chi connectivity index (χ3n) is 4.77. The minimum absolute atomic E-state index is 0.130. The van der Waals surface area contributed by atoms with Crippen LogP contribution in [0.25, 0.3) is 0 Å². The van der Waals surface area contributed by atoms with Crippen molar-refractivity contribution < 1.29 is 14.3 Å². The molecule has 0 N–H and O–H groups in total. The van der Waals surface area contributed by atoms with Gasteiger partial charge in [0, 0.05) is 31.1 Å². The number of thioether (sulfide) groups is 1. The van der Waals surface area contributed by atoms with E-state index in [1.54, 1.807) is 12.1 Å². The van der Waals surface area contributed by atoms with Gasteiger partial charge in [-0.3, -0.25) is 4.79 Å². The van der Waals surface area contributed by atoms with Crippen molar-refractivity contribution >= 4 is 46.6 Å². The molecule has 2 heterocycles. The minimum Gasteiger partial charge on any atom is -0.486 e. The van der Waals surface area contributed by atoms with Crippen molar-refractivity contribution in [1.29, 1.82) is 0 Å². The summed E-state index contributed by atoms with van der Waals surface area (Å²) >= 11 is 13.4. The van der Waals surface area contributed by atoms with E-state index in [2.05, 4.69) is 4.90 Å². The Labute approximate surface area is 178 Å². The van der Waals surface area contributed by atoms with Gasteiger partial charge in [0.2, 0.25) is 5.91 Å². The van der Waals surface area contributed by atoms with Gasteiger partial charge in [-0.1, -0.05) is 29.3 Å². The summed E-state index contributed by atoms with van der Waals surface area (Å²) in [5.41, 5.74) is 1.04. The molecule has 28 heavy (non-hydrogen) atoms. The van der Waals surface area contributed by atoms with Crippen LogP contribution in [-0.2, 0) is 4.79 Å². The van der Waals surface area contributed by atoms with Crippen molar-refractivity contribution in [3.63, 3.8) is 0 Å². The van der Waals surface area contributed by atoms with Gasteiger partial charge in [-0.25, -0.2) is 0 Å². The van der Waals surface area contributed by atoms with Crippen molar-refractivity contribution in [3.8, 4) is 11.5 Å². The fourth-order valence-electron chi connectivity index (χ4n) is 3.31. The van der Waals surface area contributed by atoms with E-state index in [9.17, 15) is 4.79 Å². The smallest absolute Gasteiger partial charge is 0.233 e. The molecular formula is C20H20Cl2N2O3S. The molecule has 0 atom stereocenters. The highest BCUT2D eigenvalue weighted by atomic mass is 35.5. The number of para-hydroxylation sites is 1. The first-order chi connectivity index (χ1) is 13.6. The normalized spacial score (nSPS) is 16.2. The van der Waals surface area contributed by atoms with Gasteiger partial charge in [0.1, 0.15) is 13.2 Å². The highest BCUT2D eigenvalue weighted by Gasteiger charge is 2.25. The van der Waals surface area contributed by atoms with E-state index in [1.165, 1.54) is 11.8 Å². The zero-order valence-electron chi connectivity index (χ0n) is 15.2. The van der Waals surface area contributed by atoms with E-state index >= 15 is 0 Å². The Morgan fingerprint density at radius 3 is 2.57 bits per heavy atom. The van der Waals surface area contributed by atoms with Crippen LogP contribution in [0.1, 0.15) is 0 Å². The molecule has 0 radical (unpaired) electrons. The van der Waals surface area contributed by atoms with Crippen LogP contribution in [0, 0.1) is 0 Å². The number of piperazine rings is 1. The molecule has 4 rings (SSSR count). The molecule has 5 nitrogen and oxygen atoms in total. The van der Waals surface area contributed by atoms with Gasteiger partial charge in [0.15, 0.2) is 11.5 Å². The van der Waals surface area contributed by atoms with E-state index in [-0.39, 0.29) is 5.91 Å². The standard InChI is InChI=1S/C20H20Cl2N2O3S/c21-15-5-4-14(12-16(15)22)28-13-19(25)24-8-6-23(7-9-24)17-2-1-3-18-20(17)27-11-10-26-18/h1-5,12H,6-11,13H2. The first-order valence-corrected chi connectivity index (χ1v) is 10.8. The number of fused-ring (bicyclic) bond motifs is 1. The third kappa shape index (κ3) is 4.29. The highest BCUT2D eigenvalue weighted by molar-refractivity contribution is 8.00. The van der Waals surface area contributed by atoms with Crippen LogP contribution in [0.2, 0.25) is 10.0 Å². The van der Waals surface area contributed by atoms with Gasteiger partial charge in [0.25, 0.3) is 0 Å². The van der Waals surface area contributed by atoms with Crippen LogP contribution >= 0.6 is 35.0 Å². The zero-order valence-corrected chi connectivity index (χ0v) is 17.5. The topological polar surface area (TPSA) is 42.0 Å². The maximum absolute atomic E-state index is 12.6. The summed E-state index contributed by atoms with van der Waals surface area (Å²) in [5, 5.41) is 1.02. The van der Waals surface area contributed by atoms with E-state index < -0.39 is 0 Å². The van der Waals surface area contributed by atoms with Crippen molar-refractivity contribution in [2.75, 3.05) is 50.0 Å². The molecule has 2 aromatic carbocycles. The Balaban J connectivity index is 1.33. The lowest BCUT2D eigenvalue weighted by atomic mass is 10.2. The predicted octanol–water partition coefficient (Wildman–Crippen LogP) is 4.21. The van der Waals surface area contributed by atoms with Crippen molar-refractivity contribution in [3.05, 3.63) is 46.4 Å². The minimum atomic E-state index is 0.130. The number of ether oxygens (including phenoxy) is 2. The average molecular weight is 439 g/mol. The molecule has 0 bridgehead atoms. The Bertz CT molecular complexity index is 873. The van der Waals surface area contributed by atoms with Crippen LogP contribution in [0.4, 0.5) is 5.69 Å². The molecule has 148 valence electrons. The molecule has 1 saturated heterocycles. The number of anilines is 1. The van der Waals surface area contributed by atoms with Gasteiger partial charge in [-0.15, -0.1) is 11.8 Å². The van der Waals surface area contributed by atoms with Crippen LogP contribution in [0.5, 0.6) is 11.5 Å². The number of nitrogens with zero attached hydrogens (tertiary/aromatic N) is 2. The molecule has 0 aliphatic carbocycles. The summed E-state index contributed by atoms with van der Waals surface area (Å²) in [7, 11) is 0. The molecule has 0 spiro atoms. The molecule has 2 aliphatic heterocycles. The fraction of sp³-hybridized carbons (Fsp3) is 0.350. The van der Waals surface area contributed by atoms with Gasteiger partial charge in [0.05, 0.1) is 21.5 Å². The monoisotopic (exact) mass is 438 g/mol. The molecule has 8 heteroatoms. The van der Waals surface area contributed by atoms with Crippen LogP contribution in [-0.4, -0.2) is 56.0 Å². The van der Waals surface area contributed by atoms with Crippen LogP contribution in [0.15, 0.2) is 41.3 Å². The first kappa shape index (κ1) is 19.6. The number of halogens is 2. The van der Waals surface area contributed by atoms with Crippen LogP contribution in [0.3, 0.4) is 0 Å². The summed E-state index contributed by atoms with van der Waals surface area (Å²) < 4.78 is 11.5. The largest absolute Gasteiger partial charge is 0.486 e. The molecule has 0 aromatic heterocycles. The quantitative estimate of drug-likeness (QED) is 0.668. The molecular weight excluding hydrogens is 419 g/mol. The number of amides is 1. The maximum atomic E-state index is 12.6. The lowest BCUT2D eigenvalue weighted by Gasteiger charge is -2.37. The molecule has 1 amide bonds. The fourth-order valence-corrected chi connectivity index (χ4v) is 4.51. The number of hydrogen-bond acceptors (Lipinski definition) is 5. The summed E-state index contributed by atoms with van der Waals surface area (Å²) in [4.78, 5) is 17.7. The molecule has 2 aliphatic rings. The second-order valence-corrected chi connectivity index (χ2v) is 8.40. The van der Waals surface area contributed by atoms with E-state index in [4.69, 9.17) is 32.7 Å². The lowest BCUT2D eigenvalue weighted by molar-refractivity contribution is -0.128. The lowest BCUT2D eigenvalue weighted by Crippen LogP contribution is -2.49. The SMILES string of the molecule is O=C(CSc1ccc(Cl)c(Cl)c1)N1CCN(c2cccc3c2OCCO3)CC1. The maximum Gasteiger partial charge on any atom is 0.233 e. The number of carbonyl (C=O) groups excluding carboxylic acids is 1. The van der Waals surface area contributed by atoms with E-state index in [0.29, 0.717) is 42.1 Å². The van der Waals surface area contributed by atoms with Crippen molar-refractivity contribution in [2.24, 2.45) is 0 Å². The Kier molecular flexibility index (Phi) is 6.09. The summed E-state index contributed by atoms with van der Waals surface area (Å²) in [6.45, 7) is 4.05. The molecule has 0 unspecified atom stereocenters. The van der Waals surface area contributed by atoms with Crippen LogP contribution < -0.4 is 14.4 Å². The summed E-state index contributed by atoms with van der Waals surface area (Å²) in [6.07, 6.45) is 0. The second-order valence-electron chi connectivity index (χ2n) is 6.53. The van der Waals surface area contributed by atoms with E-state index in [0.717, 1.165) is 35.2 Å². The molecule has 2 aromatic rings. The Morgan fingerprint density at radius 2 is 1.79 bits per heavy atom. The molecule has 0 saturated carbocycles. The summed E-state index contributed by atoms with van der Waals surface area (Å²) in [5.74, 6) is 2.12. The summed E-state index contributed by atoms with van der Waals surface area (Å²) in [6, 6.07) is 11.4. The Morgan fingerprint density at radius 1 is 1.00 bits per heavy atom. The highest BCUT2D eigenvalue weighted by Crippen LogP contribution is 2.39. The predicted molar refractivity (Wildman–Crippen MR) is 113 cm³/mol. The van der Waals surface area contributed by atoms with Crippen molar-refractivity contribution in [2.45, 2.75) is 4.90 Å². The third-order valence-corrected chi connectivity index (χ3v) is 6.49. The van der Waals surface area contributed by atoms with Crippen molar-refractivity contribution in [1.82, 2.24) is 4.90 Å². The van der Waals surface area contributed by atoms with Gasteiger partial charge in [-0.05, 0) is 30.3 Å². The Hall–Kier alpha value is -1.76. The second kappa shape index (κ2) is 8.72. The number of hydrogen-bond donors (Lipinski definition) is 0. The zero-order chi connectivity index (χ0) is 19.5. The molecule has 1 fully saturated rings. The van der Waals surface area contributed by atoms with Gasteiger partial charge in [-0.2, -0.15) is 0 Å². The number of rotatable bonds is 4. The van der Waals surface area contributed by atoms with E-state index in [1.807, 2.05) is 29.2 Å². The van der Waals surface area contributed by atoms with Gasteiger partial charge < -0.3 is 19.3 Å². The number of benzene rings is 2. The first-order valence-electron chi connectivity index (χ1n) is 9.11. The average Bonchev–Trinajstić information content (AvgIpc) is 2.74. The van der Waals surface area contributed by atoms with Gasteiger partial charge >= 0.3 is 0 Å². The number of carbonyl (C=O) groups is 1.